The van der Waals surface area contributed by atoms with Crippen LogP contribution in [-0.2, 0) is 0 Å². The van der Waals surface area contributed by atoms with E-state index in [1.165, 1.54) is 23.5 Å². The Bertz CT molecular complexity index is 265. The van der Waals surface area contributed by atoms with Gasteiger partial charge in [-0.25, -0.2) is 0 Å². The third-order valence-electron chi connectivity index (χ3n) is 2.58. The highest BCUT2D eigenvalue weighted by molar-refractivity contribution is 7.99. The number of hydrogen-bond acceptors (Lipinski definition) is 2. The highest BCUT2D eigenvalue weighted by Gasteiger charge is 2.40. The van der Waals surface area contributed by atoms with Gasteiger partial charge in [-0.05, 0) is 36.1 Å². The monoisotopic (exact) mass is 210 g/mol. The maximum absolute atomic E-state index is 4.40. The molecule has 1 aliphatic carbocycles. The van der Waals surface area contributed by atoms with Gasteiger partial charge in [-0.3, -0.25) is 0 Å². The molecule has 1 fully saturated rings. The van der Waals surface area contributed by atoms with Crippen LogP contribution in [0.2, 0.25) is 0 Å². The van der Waals surface area contributed by atoms with Crippen LogP contribution in [0.5, 0.6) is 0 Å². The lowest BCUT2D eigenvalue weighted by Gasteiger charge is -2.10. The molecule has 0 N–H and O–H groups in total. The van der Waals surface area contributed by atoms with Gasteiger partial charge in [0.15, 0.2) is 0 Å². The SMILES string of the molecule is SCC1(CSc2ccccc2)CC1. The lowest BCUT2D eigenvalue weighted by molar-refractivity contribution is 0.683. The van der Waals surface area contributed by atoms with Gasteiger partial charge < -0.3 is 0 Å². The second kappa shape index (κ2) is 3.97. The van der Waals surface area contributed by atoms with E-state index in [2.05, 4.69) is 43.0 Å². The Morgan fingerprint density at radius 2 is 1.92 bits per heavy atom. The van der Waals surface area contributed by atoms with Crippen molar-refractivity contribution in [3.8, 4) is 0 Å². The van der Waals surface area contributed by atoms with Crippen molar-refractivity contribution in [2.24, 2.45) is 5.41 Å². The van der Waals surface area contributed by atoms with E-state index < -0.39 is 0 Å². The number of benzene rings is 1. The fourth-order valence-corrected chi connectivity index (χ4v) is 3.07. The average Bonchev–Trinajstić information content (AvgIpc) is 2.97. The van der Waals surface area contributed by atoms with Gasteiger partial charge in [0.2, 0.25) is 0 Å². The number of thioether (sulfide) groups is 1. The van der Waals surface area contributed by atoms with Gasteiger partial charge >= 0.3 is 0 Å². The molecule has 1 saturated carbocycles. The molecule has 2 rings (SSSR count). The molecule has 0 unspecified atom stereocenters. The molecule has 0 aromatic heterocycles. The zero-order valence-corrected chi connectivity index (χ0v) is 9.28. The highest BCUT2D eigenvalue weighted by Crippen LogP contribution is 2.49. The second-order valence-corrected chi connectivity index (χ2v) is 5.12. The van der Waals surface area contributed by atoms with Crippen LogP contribution in [0, 0.1) is 5.41 Å². The topological polar surface area (TPSA) is 0 Å². The Labute approximate surface area is 89.5 Å². The fourth-order valence-electron chi connectivity index (χ4n) is 1.28. The van der Waals surface area contributed by atoms with E-state index in [4.69, 9.17) is 0 Å². The molecule has 0 aliphatic heterocycles. The summed E-state index contributed by atoms with van der Waals surface area (Å²) in [4.78, 5) is 1.38. The van der Waals surface area contributed by atoms with Crippen LogP contribution >= 0.6 is 24.4 Å². The van der Waals surface area contributed by atoms with Crippen molar-refractivity contribution in [1.29, 1.82) is 0 Å². The van der Waals surface area contributed by atoms with Crippen LogP contribution in [-0.4, -0.2) is 11.5 Å². The van der Waals surface area contributed by atoms with Crippen molar-refractivity contribution >= 4 is 24.4 Å². The first-order chi connectivity index (χ1) is 6.35. The van der Waals surface area contributed by atoms with Gasteiger partial charge in [0, 0.05) is 10.6 Å². The maximum atomic E-state index is 4.40. The summed E-state index contributed by atoms with van der Waals surface area (Å²) >= 11 is 6.36. The number of hydrogen-bond donors (Lipinski definition) is 1. The molecular weight excluding hydrogens is 196 g/mol. The smallest absolute Gasteiger partial charge is 0.00721 e. The highest BCUT2D eigenvalue weighted by atomic mass is 32.2. The molecule has 1 aromatic carbocycles. The third-order valence-corrected chi connectivity index (χ3v) is 4.61. The van der Waals surface area contributed by atoms with Crippen molar-refractivity contribution < 1.29 is 0 Å². The third kappa shape index (κ3) is 2.44. The quantitative estimate of drug-likeness (QED) is 0.586. The van der Waals surface area contributed by atoms with Crippen LogP contribution in [0.15, 0.2) is 35.2 Å². The zero-order valence-electron chi connectivity index (χ0n) is 7.57. The molecule has 0 saturated heterocycles. The molecule has 0 spiro atoms. The van der Waals surface area contributed by atoms with Crippen molar-refractivity contribution in [3.63, 3.8) is 0 Å². The van der Waals surface area contributed by atoms with Crippen molar-refractivity contribution in [3.05, 3.63) is 30.3 Å². The molecule has 70 valence electrons. The van der Waals surface area contributed by atoms with E-state index in [9.17, 15) is 0 Å². The summed E-state index contributed by atoms with van der Waals surface area (Å²) in [6.07, 6.45) is 2.74. The number of rotatable bonds is 4. The van der Waals surface area contributed by atoms with Gasteiger partial charge in [-0.1, -0.05) is 18.2 Å². The summed E-state index contributed by atoms with van der Waals surface area (Å²) in [5.41, 5.74) is 0.573. The first-order valence-corrected chi connectivity index (χ1v) is 6.25. The Hall–Kier alpha value is -0.0800. The fraction of sp³-hybridized carbons (Fsp3) is 0.455. The summed E-state index contributed by atoms with van der Waals surface area (Å²) < 4.78 is 0. The molecule has 0 heterocycles. The largest absolute Gasteiger partial charge is 0.179 e. The first kappa shape index (κ1) is 9.47. The molecule has 0 radical (unpaired) electrons. The molecule has 0 nitrogen and oxygen atoms in total. The summed E-state index contributed by atoms with van der Waals surface area (Å²) in [5, 5.41) is 0. The average molecular weight is 210 g/mol. The normalized spacial score (nSPS) is 18.5. The Balaban J connectivity index is 1.86. The van der Waals surface area contributed by atoms with Crippen LogP contribution in [0.1, 0.15) is 12.8 Å². The summed E-state index contributed by atoms with van der Waals surface area (Å²) in [6.45, 7) is 0. The van der Waals surface area contributed by atoms with E-state index >= 15 is 0 Å². The van der Waals surface area contributed by atoms with E-state index in [-0.39, 0.29) is 0 Å². The van der Waals surface area contributed by atoms with Crippen LogP contribution < -0.4 is 0 Å². The minimum absolute atomic E-state index is 0.573. The van der Waals surface area contributed by atoms with Crippen molar-refractivity contribution in [1.82, 2.24) is 0 Å². The maximum Gasteiger partial charge on any atom is 0.00721 e. The van der Waals surface area contributed by atoms with E-state index in [1.54, 1.807) is 0 Å². The molecule has 1 aliphatic rings. The number of thiol groups is 1. The molecule has 2 heteroatoms. The van der Waals surface area contributed by atoms with Crippen molar-refractivity contribution in [2.45, 2.75) is 17.7 Å². The van der Waals surface area contributed by atoms with E-state index in [1.807, 2.05) is 11.8 Å². The predicted octanol–water partition coefficient (Wildman–Crippen LogP) is 3.49. The Morgan fingerprint density at radius 3 is 2.46 bits per heavy atom. The first-order valence-electron chi connectivity index (χ1n) is 4.63. The van der Waals surface area contributed by atoms with Gasteiger partial charge in [0.05, 0.1) is 0 Å². The molecule has 13 heavy (non-hydrogen) atoms. The lowest BCUT2D eigenvalue weighted by Crippen LogP contribution is -2.05. The molecule has 0 atom stereocenters. The molecule has 0 amide bonds. The van der Waals surface area contributed by atoms with Crippen LogP contribution in [0.3, 0.4) is 0 Å². The molecule has 0 bridgehead atoms. The lowest BCUT2D eigenvalue weighted by atomic mass is 10.2. The van der Waals surface area contributed by atoms with Gasteiger partial charge in [0.25, 0.3) is 0 Å². The predicted molar refractivity (Wildman–Crippen MR) is 62.7 cm³/mol. The Kier molecular flexibility index (Phi) is 2.89. The zero-order chi connectivity index (χ0) is 9.15. The van der Waals surface area contributed by atoms with Crippen LogP contribution in [0.4, 0.5) is 0 Å². The van der Waals surface area contributed by atoms with Crippen LogP contribution in [0.25, 0.3) is 0 Å². The minimum atomic E-state index is 0.573. The Morgan fingerprint density at radius 1 is 1.23 bits per heavy atom. The summed E-state index contributed by atoms with van der Waals surface area (Å²) in [6, 6.07) is 10.6. The van der Waals surface area contributed by atoms with Gasteiger partial charge in [-0.2, -0.15) is 12.6 Å². The standard InChI is InChI=1S/C11H14S2/c12-8-11(6-7-11)9-13-10-4-2-1-3-5-10/h1-5,12H,6-9H2. The summed E-state index contributed by atoms with van der Waals surface area (Å²) in [7, 11) is 0. The summed E-state index contributed by atoms with van der Waals surface area (Å²) in [5.74, 6) is 2.29. The van der Waals surface area contributed by atoms with Gasteiger partial charge in [0.1, 0.15) is 0 Å². The van der Waals surface area contributed by atoms with E-state index in [0.29, 0.717) is 5.41 Å². The van der Waals surface area contributed by atoms with Gasteiger partial charge in [-0.15, -0.1) is 11.8 Å². The minimum Gasteiger partial charge on any atom is -0.179 e. The molecular formula is C11H14S2. The second-order valence-electron chi connectivity index (χ2n) is 3.76. The van der Waals surface area contributed by atoms with E-state index in [0.717, 1.165) is 5.75 Å². The van der Waals surface area contributed by atoms with Crippen molar-refractivity contribution in [2.75, 3.05) is 11.5 Å². The molecule has 1 aromatic rings.